The maximum absolute atomic E-state index is 12.9. The highest BCUT2D eigenvalue weighted by Crippen LogP contribution is 2.33. The maximum Gasteiger partial charge on any atom is 0.354 e. The van der Waals surface area contributed by atoms with Gasteiger partial charge in [-0.2, -0.15) is 4.98 Å². The van der Waals surface area contributed by atoms with Crippen LogP contribution in [0.15, 0.2) is 41.3 Å². The average molecular weight is 615 g/mol. The van der Waals surface area contributed by atoms with Gasteiger partial charge in [0, 0.05) is 57.5 Å². The number of urea groups is 1. The molecule has 3 fully saturated rings. The molecule has 43 heavy (non-hydrogen) atoms. The summed E-state index contributed by atoms with van der Waals surface area (Å²) in [4.78, 5) is 48.1. The molecule has 1 saturated heterocycles. The maximum atomic E-state index is 12.9. The van der Waals surface area contributed by atoms with E-state index in [0.717, 1.165) is 18.2 Å². The number of anilines is 1. The molecule has 0 bridgehead atoms. The molecular weight excluding hydrogens is 568 g/mol. The number of benzene rings is 1. The van der Waals surface area contributed by atoms with Crippen LogP contribution in [0.3, 0.4) is 0 Å². The van der Waals surface area contributed by atoms with E-state index in [1.165, 1.54) is 55.2 Å². The Hall–Kier alpha value is -2.99. The highest BCUT2D eigenvalue weighted by molar-refractivity contribution is 5.89. The fourth-order valence-electron chi connectivity index (χ4n) is 6.08. The Morgan fingerprint density at radius 3 is 2.16 bits per heavy atom. The Kier molecular flexibility index (Phi) is 10.9. The lowest BCUT2D eigenvalue weighted by molar-refractivity contribution is -0.137. The molecule has 0 spiro atoms. The van der Waals surface area contributed by atoms with Crippen molar-refractivity contribution in [2.75, 3.05) is 45.1 Å². The lowest BCUT2D eigenvalue weighted by atomic mass is 9.90. The van der Waals surface area contributed by atoms with E-state index in [9.17, 15) is 14.4 Å². The molecule has 0 unspecified atom stereocenters. The number of nitrogens with two attached hydrogens (primary N) is 1. The van der Waals surface area contributed by atoms with Gasteiger partial charge in [0.1, 0.15) is 5.82 Å². The number of rotatable bonds is 9. The minimum Gasteiger partial charge on any atom is -0.338 e. The van der Waals surface area contributed by atoms with Crippen LogP contribution in [0, 0.1) is 5.92 Å². The van der Waals surface area contributed by atoms with E-state index in [2.05, 4.69) is 39.7 Å². The highest BCUT2D eigenvalue weighted by atomic mass is 35.5. The third kappa shape index (κ3) is 8.56. The first-order chi connectivity index (χ1) is 20.1. The fourth-order valence-corrected chi connectivity index (χ4v) is 6.08. The Balaban J connectivity index is 0.00000423. The van der Waals surface area contributed by atoms with Gasteiger partial charge in [-0.15, -0.1) is 12.4 Å². The van der Waals surface area contributed by atoms with Crippen molar-refractivity contribution < 1.29 is 9.59 Å². The first-order valence-electron chi connectivity index (χ1n) is 15.3. The largest absolute Gasteiger partial charge is 0.354 e. The molecule has 11 nitrogen and oxygen atoms in total. The number of hydrogen-bond donors (Lipinski definition) is 3. The predicted molar refractivity (Wildman–Crippen MR) is 171 cm³/mol. The number of halogens is 1. The lowest BCUT2D eigenvalue weighted by Gasteiger charge is -2.37. The van der Waals surface area contributed by atoms with Crippen LogP contribution in [-0.2, 0) is 11.3 Å². The topological polar surface area (TPSA) is 129 Å². The van der Waals surface area contributed by atoms with Gasteiger partial charge in [0.25, 0.3) is 0 Å². The zero-order chi connectivity index (χ0) is 29.9. The lowest BCUT2D eigenvalue weighted by Crippen LogP contribution is -2.58. The zero-order valence-electron chi connectivity index (χ0n) is 25.6. The molecule has 0 atom stereocenters. The summed E-state index contributed by atoms with van der Waals surface area (Å²) in [7, 11) is 2.07. The Bertz CT molecular complexity index is 1290. The SMILES string of the molecule is CN[C@H]1CC[C@H](N(Cc2ccc(-n3ccc(NC(=O)N4CCN(C(=O)C(C)(C)N)CC4)nc3=O)cc2)CC2CC2)CC1.Cl. The second-order valence-corrected chi connectivity index (χ2v) is 12.7. The smallest absolute Gasteiger partial charge is 0.338 e. The van der Waals surface area contributed by atoms with Crippen LogP contribution in [0.4, 0.5) is 10.6 Å². The molecule has 0 radical (unpaired) electrons. The molecule has 2 saturated carbocycles. The minimum atomic E-state index is -0.944. The Morgan fingerprint density at radius 2 is 1.60 bits per heavy atom. The molecular formula is C31H47ClN8O3. The number of piperazine rings is 1. The normalized spacial score (nSPS) is 21.0. The molecule has 1 aliphatic heterocycles. The number of nitrogens with zero attached hydrogens (tertiary/aromatic N) is 5. The summed E-state index contributed by atoms with van der Waals surface area (Å²) >= 11 is 0. The van der Waals surface area contributed by atoms with Crippen molar-refractivity contribution in [1.29, 1.82) is 0 Å². The van der Waals surface area contributed by atoms with Gasteiger partial charge < -0.3 is 20.9 Å². The molecule has 2 aromatic rings. The molecule has 2 aliphatic carbocycles. The summed E-state index contributed by atoms with van der Waals surface area (Å²) in [6, 6.07) is 10.7. The fraction of sp³-hybridized carbons (Fsp3) is 0.613. The number of nitrogens with one attached hydrogen (secondary N) is 2. The van der Waals surface area contributed by atoms with Crippen LogP contribution in [0.25, 0.3) is 5.69 Å². The second-order valence-electron chi connectivity index (χ2n) is 12.7. The summed E-state index contributed by atoms with van der Waals surface area (Å²) in [6.07, 6.45) is 9.28. The van der Waals surface area contributed by atoms with Crippen molar-refractivity contribution in [3.8, 4) is 5.69 Å². The summed E-state index contributed by atoms with van der Waals surface area (Å²) in [5.74, 6) is 0.902. The number of amides is 3. The third-order valence-corrected chi connectivity index (χ3v) is 8.86. The number of aromatic nitrogens is 2. The van der Waals surface area contributed by atoms with Crippen LogP contribution in [-0.4, -0.2) is 93.6 Å². The van der Waals surface area contributed by atoms with Gasteiger partial charge in [-0.1, -0.05) is 12.1 Å². The van der Waals surface area contributed by atoms with Crippen molar-refractivity contribution >= 4 is 30.2 Å². The predicted octanol–water partition coefficient (Wildman–Crippen LogP) is 2.81. The molecule has 5 rings (SSSR count). The Labute approximate surface area is 260 Å². The standard InChI is InChI=1S/C31H46N8O3.ClH/c1-31(2,32)28(40)36-16-18-37(19-17-36)29(41)34-27-14-15-39(30(42)35-27)26-10-6-23(7-11-26)21-38(20-22-4-5-22)25-12-8-24(33-3)9-13-25;/h6-7,10-11,14-15,22,24-25,33H,4-5,8-9,12-13,16-21,32H2,1-3H3,(H,34,35,41,42);1H/t24-,25-;. The molecule has 236 valence electrons. The molecule has 2 heterocycles. The van der Waals surface area contributed by atoms with Gasteiger partial charge in [0.05, 0.1) is 11.2 Å². The van der Waals surface area contributed by atoms with E-state index in [1.54, 1.807) is 35.9 Å². The average Bonchev–Trinajstić information content (AvgIpc) is 3.81. The van der Waals surface area contributed by atoms with Gasteiger partial charge in [-0.3, -0.25) is 19.6 Å². The minimum absolute atomic E-state index is 0. The van der Waals surface area contributed by atoms with Gasteiger partial charge in [-0.05, 0) is 89.1 Å². The van der Waals surface area contributed by atoms with Crippen LogP contribution in [0.2, 0.25) is 0 Å². The summed E-state index contributed by atoms with van der Waals surface area (Å²) in [5, 5.41) is 6.16. The summed E-state index contributed by atoms with van der Waals surface area (Å²) < 4.78 is 1.49. The first kappa shape index (κ1) is 32.9. The molecule has 3 amide bonds. The van der Waals surface area contributed by atoms with Gasteiger partial charge in [0.2, 0.25) is 5.91 Å². The van der Waals surface area contributed by atoms with Crippen molar-refractivity contribution in [2.24, 2.45) is 11.7 Å². The zero-order valence-corrected chi connectivity index (χ0v) is 26.4. The Morgan fingerprint density at radius 1 is 0.977 bits per heavy atom. The van der Waals surface area contributed by atoms with Crippen molar-refractivity contribution in [1.82, 2.24) is 29.6 Å². The van der Waals surface area contributed by atoms with Crippen LogP contribution in [0.1, 0.15) is 57.9 Å². The molecule has 1 aromatic carbocycles. The number of carbonyl (C=O) groups is 2. The number of carbonyl (C=O) groups excluding carboxylic acids is 2. The van der Waals surface area contributed by atoms with Crippen LogP contribution in [0.5, 0.6) is 0 Å². The molecule has 4 N–H and O–H groups in total. The quantitative estimate of drug-likeness (QED) is 0.396. The van der Waals surface area contributed by atoms with E-state index < -0.39 is 11.2 Å². The van der Waals surface area contributed by atoms with Crippen molar-refractivity contribution in [3.63, 3.8) is 0 Å². The van der Waals surface area contributed by atoms with Crippen LogP contribution >= 0.6 is 12.4 Å². The second kappa shape index (κ2) is 14.2. The van der Waals surface area contributed by atoms with E-state index in [4.69, 9.17) is 5.73 Å². The van der Waals surface area contributed by atoms with E-state index >= 15 is 0 Å². The highest BCUT2D eigenvalue weighted by Gasteiger charge is 2.32. The van der Waals surface area contributed by atoms with E-state index in [0.29, 0.717) is 38.3 Å². The summed E-state index contributed by atoms with van der Waals surface area (Å²) in [6.45, 7) is 7.04. The summed E-state index contributed by atoms with van der Waals surface area (Å²) in [5.41, 5.74) is 6.51. The van der Waals surface area contributed by atoms with E-state index in [1.807, 2.05) is 12.1 Å². The first-order valence-corrected chi connectivity index (χ1v) is 15.3. The molecule has 12 heteroatoms. The third-order valence-electron chi connectivity index (χ3n) is 8.86. The van der Waals surface area contributed by atoms with E-state index in [-0.39, 0.29) is 30.2 Å². The van der Waals surface area contributed by atoms with Gasteiger partial charge >= 0.3 is 11.7 Å². The van der Waals surface area contributed by atoms with Gasteiger partial charge in [-0.25, -0.2) is 9.59 Å². The van der Waals surface area contributed by atoms with Crippen molar-refractivity contribution in [3.05, 3.63) is 52.6 Å². The molecule has 3 aliphatic rings. The van der Waals surface area contributed by atoms with Gasteiger partial charge in [0.15, 0.2) is 0 Å². The monoisotopic (exact) mass is 614 g/mol. The van der Waals surface area contributed by atoms with Crippen LogP contribution < -0.4 is 22.1 Å². The number of hydrogen-bond acceptors (Lipinski definition) is 7. The molecule has 1 aromatic heterocycles. The van der Waals surface area contributed by atoms with Crippen molar-refractivity contribution in [2.45, 2.75) is 76.5 Å².